The van der Waals surface area contributed by atoms with Gasteiger partial charge in [-0.1, -0.05) is 26.5 Å². The molecule has 4 unspecified atom stereocenters. The number of fused-ring (bicyclic) bond motifs is 1. The van der Waals surface area contributed by atoms with Crippen LogP contribution in [0.15, 0.2) is 35.5 Å². The van der Waals surface area contributed by atoms with Crippen LogP contribution >= 0.6 is 0 Å². The van der Waals surface area contributed by atoms with Gasteiger partial charge in [0.1, 0.15) is 12.2 Å². The van der Waals surface area contributed by atoms with Gasteiger partial charge in [0.2, 0.25) is 0 Å². The molecule has 0 aromatic rings. The van der Waals surface area contributed by atoms with Gasteiger partial charge in [-0.15, -0.1) is 0 Å². The van der Waals surface area contributed by atoms with Crippen LogP contribution in [0, 0.1) is 11.8 Å². The number of carbonyl (C=O) groups excluding carboxylic acids is 3. The molecule has 0 aromatic heterocycles. The van der Waals surface area contributed by atoms with Crippen molar-refractivity contribution in [2.24, 2.45) is 11.8 Å². The zero-order valence-corrected chi connectivity index (χ0v) is 16.6. The number of ether oxygens (including phenoxy) is 3. The van der Waals surface area contributed by atoms with Crippen molar-refractivity contribution in [2.75, 3.05) is 13.7 Å². The van der Waals surface area contributed by atoms with E-state index in [1.807, 2.05) is 6.92 Å². The molecule has 2 aliphatic rings. The largest absolute Gasteiger partial charge is 0.466 e. The lowest BCUT2D eigenvalue weighted by Crippen LogP contribution is -2.35. The van der Waals surface area contributed by atoms with E-state index in [2.05, 4.69) is 6.58 Å². The summed E-state index contributed by atoms with van der Waals surface area (Å²) < 4.78 is 16.0. The van der Waals surface area contributed by atoms with E-state index in [0.717, 1.165) is 0 Å². The summed E-state index contributed by atoms with van der Waals surface area (Å²) in [5.41, 5.74) is 1.21. The third-order valence-electron chi connectivity index (χ3n) is 5.27. The van der Waals surface area contributed by atoms with Gasteiger partial charge in [0.05, 0.1) is 25.6 Å². The van der Waals surface area contributed by atoms with Crippen molar-refractivity contribution >= 4 is 17.9 Å². The zero-order chi connectivity index (χ0) is 20.8. The van der Waals surface area contributed by atoms with Crippen LogP contribution in [0.2, 0.25) is 0 Å². The fraction of sp³-hybridized carbons (Fsp3) is 0.571. The van der Waals surface area contributed by atoms with E-state index in [1.54, 1.807) is 19.1 Å². The predicted octanol–water partition coefficient (Wildman–Crippen LogP) is 2.24. The Morgan fingerprint density at radius 1 is 1.43 bits per heavy atom. The number of rotatable bonds is 5. The molecule has 4 atom stereocenters. The first kappa shape index (κ1) is 21.9. The van der Waals surface area contributed by atoms with Gasteiger partial charge in [0, 0.05) is 17.6 Å². The number of allylic oxidation sites excluding steroid dienone is 1. The summed E-state index contributed by atoms with van der Waals surface area (Å²) in [5, 5.41) is 9.63. The van der Waals surface area contributed by atoms with Gasteiger partial charge < -0.3 is 19.3 Å². The Hall–Kier alpha value is -2.41. The standard InChI is InChI=1S/C21H28O7/c1-5-12(2)19(23)27-17-10-15(21(25)26-4)8-6-7-14(11-22)9-16-18(17)13(3)20(24)28-16/h8-9,12,16-18,22H,3,5-7,10-11H2,1-2,4H3/b14-9+,15-8+. The molecule has 0 saturated carbocycles. The van der Waals surface area contributed by atoms with Crippen molar-refractivity contribution in [2.45, 2.75) is 51.7 Å². The molecule has 1 aliphatic heterocycles. The zero-order valence-electron chi connectivity index (χ0n) is 16.6. The summed E-state index contributed by atoms with van der Waals surface area (Å²) in [6.45, 7) is 7.24. The van der Waals surface area contributed by atoms with E-state index in [9.17, 15) is 19.5 Å². The van der Waals surface area contributed by atoms with E-state index < -0.39 is 36.0 Å². The van der Waals surface area contributed by atoms with Crippen molar-refractivity contribution in [3.8, 4) is 0 Å². The minimum absolute atomic E-state index is 0.0912. The SMILES string of the molecule is C=C1C(=O)OC2/C=C(/CO)CC/C=C(/C(=O)OC)CC(OC(=O)C(C)CC)C12. The Kier molecular flexibility index (Phi) is 7.57. The van der Waals surface area contributed by atoms with Crippen LogP contribution in [0.4, 0.5) is 0 Å². The molecule has 0 aromatic carbocycles. The number of aliphatic hydroxyl groups is 1. The van der Waals surface area contributed by atoms with E-state index >= 15 is 0 Å². The van der Waals surface area contributed by atoms with Crippen LogP contribution in [0.3, 0.4) is 0 Å². The first-order chi connectivity index (χ1) is 13.3. The second-order valence-corrected chi connectivity index (χ2v) is 7.15. The fourth-order valence-corrected chi connectivity index (χ4v) is 3.33. The van der Waals surface area contributed by atoms with Crippen molar-refractivity contribution < 1.29 is 33.7 Å². The van der Waals surface area contributed by atoms with Crippen molar-refractivity contribution in [1.82, 2.24) is 0 Å². The fourth-order valence-electron chi connectivity index (χ4n) is 3.33. The molecule has 1 N–H and O–H groups in total. The van der Waals surface area contributed by atoms with E-state index in [4.69, 9.17) is 14.2 Å². The van der Waals surface area contributed by atoms with Crippen molar-refractivity contribution in [1.29, 1.82) is 0 Å². The highest BCUT2D eigenvalue weighted by Gasteiger charge is 2.45. The first-order valence-corrected chi connectivity index (χ1v) is 9.50. The van der Waals surface area contributed by atoms with Crippen LogP contribution in [-0.2, 0) is 28.6 Å². The van der Waals surface area contributed by atoms with Gasteiger partial charge >= 0.3 is 17.9 Å². The molecular weight excluding hydrogens is 364 g/mol. The van der Waals surface area contributed by atoms with Gasteiger partial charge in [-0.25, -0.2) is 9.59 Å². The van der Waals surface area contributed by atoms with Gasteiger partial charge in [-0.2, -0.15) is 0 Å². The average Bonchev–Trinajstić information content (AvgIpc) is 2.97. The van der Waals surface area contributed by atoms with Crippen molar-refractivity contribution in [3.05, 3.63) is 35.5 Å². The Balaban J connectivity index is 2.47. The number of esters is 3. The molecule has 28 heavy (non-hydrogen) atoms. The van der Waals surface area contributed by atoms with Crippen LogP contribution in [0.25, 0.3) is 0 Å². The maximum Gasteiger partial charge on any atom is 0.334 e. The number of aliphatic hydroxyl groups excluding tert-OH is 1. The summed E-state index contributed by atoms with van der Waals surface area (Å²) in [4.78, 5) is 36.9. The molecule has 7 nitrogen and oxygen atoms in total. The number of hydrogen-bond acceptors (Lipinski definition) is 7. The minimum atomic E-state index is -0.815. The molecule has 0 radical (unpaired) electrons. The molecule has 154 valence electrons. The van der Waals surface area contributed by atoms with Crippen LogP contribution in [-0.4, -0.2) is 48.9 Å². The van der Waals surface area contributed by atoms with Gasteiger partial charge in [0.25, 0.3) is 0 Å². The van der Waals surface area contributed by atoms with Gasteiger partial charge in [0.15, 0.2) is 0 Å². The number of methoxy groups -OCH3 is 1. The molecule has 0 amide bonds. The minimum Gasteiger partial charge on any atom is -0.466 e. The average molecular weight is 392 g/mol. The molecule has 1 aliphatic carbocycles. The normalized spacial score (nSPS) is 30.1. The Labute approximate surface area is 165 Å². The van der Waals surface area contributed by atoms with Gasteiger partial charge in [-0.05, 0) is 30.9 Å². The summed E-state index contributed by atoms with van der Waals surface area (Å²) in [6, 6.07) is 0. The molecule has 1 saturated heterocycles. The second-order valence-electron chi connectivity index (χ2n) is 7.15. The number of carbonyl (C=O) groups is 3. The predicted molar refractivity (Wildman–Crippen MR) is 101 cm³/mol. The monoisotopic (exact) mass is 392 g/mol. The van der Waals surface area contributed by atoms with E-state index in [0.29, 0.717) is 30.4 Å². The summed E-state index contributed by atoms with van der Waals surface area (Å²) in [7, 11) is 1.28. The molecule has 2 rings (SSSR count). The Morgan fingerprint density at radius 2 is 2.14 bits per heavy atom. The highest BCUT2D eigenvalue weighted by atomic mass is 16.6. The Morgan fingerprint density at radius 3 is 2.75 bits per heavy atom. The Bertz CT molecular complexity index is 704. The summed E-state index contributed by atoms with van der Waals surface area (Å²) >= 11 is 0. The maximum absolute atomic E-state index is 12.5. The number of hydrogen-bond donors (Lipinski definition) is 1. The lowest BCUT2D eigenvalue weighted by atomic mass is 9.85. The second kappa shape index (κ2) is 9.68. The molecule has 1 fully saturated rings. The summed E-state index contributed by atoms with van der Waals surface area (Å²) in [5.74, 6) is -2.48. The van der Waals surface area contributed by atoms with Crippen LogP contribution in [0.1, 0.15) is 39.5 Å². The molecule has 7 heteroatoms. The summed E-state index contributed by atoms with van der Waals surface area (Å²) in [6.07, 6.45) is 3.58. The highest BCUT2D eigenvalue weighted by molar-refractivity contribution is 5.92. The highest BCUT2D eigenvalue weighted by Crippen LogP contribution is 2.36. The van der Waals surface area contributed by atoms with Gasteiger partial charge in [-0.3, -0.25) is 4.79 Å². The molecule has 0 spiro atoms. The molecular formula is C21H28O7. The lowest BCUT2D eigenvalue weighted by molar-refractivity contribution is -0.157. The smallest absolute Gasteiger partial charge is 0.334 e. The van der Waals surface area contributed by atoms with E-state index in [-0.39, 0.29) is 24.5 Å². The maximum atomic E-state index is 12.5. The third kappa shape index (κ3) is 4.90. The van der Waals surface area contributed by atoms with Crippen molar-refractivity contribution in [3.63, 3.8) is 0 Å². The third-order valence-corrected chi connectivity index (χ3v) is 5.27. The first-order valence-electron chi connectivity index (χ1n) is 9.50. The molecule has 0 bridgehead atoms. The quantitative estimate of drug-likeness (QED) is 0.331. The topological polar surface area (TPSA) is 99.1 Å². The van der Waals surface area contributed by atoms with Crippen LogP contribution < -0.4 is 0 Å². The lowest BCUT2D eigenvalue weighted by Gasteiger charge is -2.28. The van der Waals surface area contributed by atoms with Crippen LogP contribution in [0.5, 0.6) is 0 Å². The molecule has 1 heterocycles. The van der Waals surface area contributed by atoms with E-state index in [1.165, 1.54) is 7.11 Å².